The third kappa shape index (κ3) is 3.10. The Balaban J connectivity index is 2.40. The molecule has 0 unspecified atom stereocenters. The summed E-state index contributed by atoms with van der Waals surface area (Å²) in [5.41, 5.74) is 5.85. The summed E-state index contributed by atoms with van der Waals surface area (Å²) in [5, 5.41) is 9.85. The minimum absolute atomic E-state index is 0.0361. The van der Waals surface area contributed by atoms with Gasteiger partial charge in [0.15, 0.2) is 0 Å². The van der Waals surface area contributed by atoms with Crippen LogP contribution in [0.3, 0.4) is 0 Å². The number of hydrogen-bond donors (Lipinski definition) is 2. The molecule has 0 amide bonds. The van der Waals surface area contributed by atoms with Crippen molar-refractivity contribution in [2.45, 2.75) is 0 Å². The summed E-state index contributed by atoms with van der Waals surface area (Å²) in [7, 11) is 0. The molecule has 0 aliphatic heterocycles. The average molecular weight is 298 g/mol. The lowest BCUT2D eigenvalue weighted by atomic mass is 10.2. The summed E-state index contributed by atoms with van der Waals surface area (Å²) < 4.78 is 5.48. The molecule has 6 heteroatoms. The molecule has 0 saturated carbocycles. The first-order valence-corrected chi connectivity index (χ1v) is 5.98. The first-order chi connectivity index (χ1) is 8.97. The molecule has 19 heavy (non-hydrogen) atoms. The fraction of sp³-hybridized carbons (Fsp3) is 0. The van der Waals surface area contributed by atoms with E-state index in [4.69, 9.17) is 38.8 Å². The van der Waals surface area contributed by atoms with E-state index in [9.17, 15) is 4.79 Å². The molecule has 0 heterocycles. The van der Waals surface area contributed by atoms with E-state index < -0.39 is 5.97 Å². The number of anilines is 1. The Morgan fingerprint density at radius 3 is 2.42 bits per heavy atom. The van der Waals surface area contributed by atoms with Gasteiger partial charge in [0.1, 0.15) is 17.1 Å². The third-order valence-corrected chi connectivity index (χ3v) is 2.88. The van der Waals surface area contributed by atoms with Gasteiger partial charge in [0, 0.05) is 10.7 Å². The van der Waals surface area contributed by atoms with Crippen molar-refractivity contribution in [2.75, 3.05) is 5.73 Å². The average Bonchev–Trinajstić information content (AvgIpc) is 2.34. The molecule has 3 N–H and O–H groups in total. The number of halogens is 2. The van der Waals surface area contributed by atoms with Crippen LogP contribution in [0.25, 0.3) is 0 Å². The Morgan fingerprint density at radius 2 is 1.79 bits per heavy atom. The molecule has 0 atom stereocenters. The highest BCUT2D eigenvalue weighted by molar-refractivity contribution is 6.35. The van der Waals surface area contributed by atoms with E-state index in [1.54, 1.807) is 18.2 Å². The Labute approximate surface area is 119 Å². The number of carboxylic acid groups (broad SMARTS) is 1. The smallest absolute Gasteiger partial charge is 0.339 e. The molecule has 0 fully saturated rings. The molecule has 0 aromatic heterocycles. The van der Waals surface area contributed by atoms with Crippen LogP contribution in [0.4, 0.5) is 5.69 Å². The molecule has 0 radical (unpaired) electrons. The first-order valence-electron chi connectivity index (χ1n) is 5.23. The van der Waals surface area contributed by atoms with Crippen molar-refractivity contribution in [3.63, 3.8) is 0 Å². The lowest BCUT2D eigenvalue weighted by molar-refractivity contribution is 0.0694. The molecule has 0 aliphatic rings. The molecule has 98 valence electrons. The number of rotatable bonds is 3. The van der Waals surface area contributed by atoms with Gasteiger partial charge in [-0.1, -0.05) is 23.2 Å². The highest BCUT2D eigenvalue weighted by atomic mass is 35.5. The van der Waals surface area contributed by atoms with Gasteiger partial charge in [-0.25, -0.2) is 4.79 Å². The van der Waals surface area contributed by atoms with Crippen LogP contribution in [0.5, 0.6) is 11.5 Å². The molecule has 0 aliphatic carbocycles. The number of carbonyl (C=O) groups is 1. The number of carboxylic acids is 1. The lowest BCUT2D eigenvalue weighted by Crippen LogP contribution is -2.01. The van der Waals surface area contributed by atoms with Gasteiger partial charge < -0.3 is 15.6 Å². The van der Waals surface area contributed by atoms with Crippen molar-refractivity contribution in [1.82, 2.24) is 0 Å². The maximum absolute atomic E-state index is 11.1. The van der Waals surface area contributed by atoms with Crippen LogP contribution in [0.1, 0.15) is 10.4 Å². The lowest BCUT2D eigenvalue weighted by Gasteiger charge is -2.10. The summed E-state index contributed by atoms with van der Waals surface area (Å²) in [6.07, 6.45) is 0. The van der Waals surface area contributed by atoms with E-state index in [0.29, 0.717) is 21.5 Å². The van der Waals surface area contributed by atoms with Gasteiger partial charge >= 0.3 is 5.97 Å². The Kier molecular flexibility index (Phi) is 3.83. The predicted molar refractivity (Wildman–Crippen MR) is 74.3 cm³/mol. The van der Waals surface area contributed by atoms with Crippen molar-refractivity contribution in [1.29, 1.82) is 0 Å². The van der Waals surface area contributed by atoms with Crippen molar-refractivity contribution in [3.05, 3.63) is 52.0 Å². The molecule has 0 spiro atoms. The van der Waals surface area contributed by atoms with E-state index >= 15 is 0 Å². The van der Waals surface area contributed by atoms with Crippen molar-refractivity contribution >= 4 is 34.9 Å². The summed E-state index contributed by atoms with van der Waals surface area (Å²) in [5.74, 6) is -0.656. The standard InChI is InChI=1S/C13H9Cl2NO3/c14-7-1-3-12(10(15)5-7)19-11-4-2-8(16)6-9(11)13(17)18/h1-6H,16H2,(H,17,18). The number of nitrogen functional groups attached to an aromatic ring is 1. The minimum Gasteiger partial charge on any atom is -0.478 e. The highest BCUT2D eigenvalue weighted by Crippen LogP contribution is 2.33. The van der Waals surface area contributed by atoms with Crippen LogP contribution >= 0.6 is 23.2 Å². The van der Waals surface area contributed by atoms with Gasteiger partial charge in [-0.15, -0.1) is 0 Å². The second-order valence-corrected chi connectivity index (χ2v) is 4.58. The van der Waals surface area contributed by atoms with Gasteiger partial charge in [0.2, 0.25) is 0 Å². The second kappa shape index (κ2) is 5.38. The molecule has 2 aromatic rings. The van der Waals surface area contributed by atoms with Gasteiger partial charge in [-0.3, -0.25) is 0 Å². The monoisotopic (exact) mass is 297 g/mol. The normalized spacial score (nSPS) is 10.2. The van der Waals surface area contributed by atoms with Gasteiger partial charge in [-0.2, -0.15) is 0 Å². The topological polar surface area (TPSA) is 72.5 Å². The fourth-order valence-corrected chi connectivity index (χ4v) is 1.93. The minimum atomic E-state index is -1.13. The van der Waals surface area contributed by atoms with Crippen LogP contribution in [0, 0.1) is 0 Å². The number of aromatic carboxylic acids is 1. The SMILES string of the molecule is Nc1ccc(Oc2ccc(Cl)cc2Cl)c(C(=O)O)c1. The zero-order valence-electron chi connectivity index (χ0n) is 9.56. The van der Waals surface area contributed by atoms with E-state index in [0.717, 1.165) is 0 Å². The summed E-state index contributed by atoms with van der Waals surface area (Å²) in [6.45, 7) is 0. The maximum atomic E-state index is 11.1. The summed E-state index contributed by atoms with van der Waals surface area (Å²) in [6, 6.07) is 9.01. The van der Waals surface area contributed by atoms with Crippen molar-refractivity contribution in [3.8, 4) is 11.5 Å². The number of benzene rings is 2. The van der Waals surface area contributed by atoms with Crippen LogP contribution in [0.15, 0.2) is 36.4 Å². The highest BCUT2D eigenvalue weighted by Gasteiger charge is 2.14. The van der Waals surface area contributed by atoms with E-state index in [1.165, 1.54) is 18.2 Å². The van der Waals surface area contributed by atoms with Gasteiger partial charge in [0.25, 0.3) is 0 Å². The van der Waals surface area contributed by atoms with Crippen LogP contribution in [0.2, 0.25) is 10.0 Å². The molecule has 2 rings (SSSR count). The number of ether oxygens (including phenoxy) is 1. The van der Waals surface area contributed by atoms with Gasteiger partial charge in [0.05, 0.1) is 5.02 Å². The van der Waals surface area contributed by atoms with E-state index in [1.807, 2.05) is 0 Å². The first kappa shape index (κ1) is 13.5. The third-order valence-electron chi connectivity index (χ3n) is 2.35. The van der Waals surface area contributed by atoms with Crippen LogP contribution in [-0.4, -0.2) is 11.1 Å². The summed E-state index contributed by atoms with van der Waals surface area (Å²) >= 11 is 11.7. The summed E-state index contributed by atoms with van der Waals surface area (Å²) in [4.78, 5) is 11.1. The Morgan fingerprint density at radius 1 is 1.11 bits per heavy atom. The van der Waals surface area contributed by atoms with Crippen molar-refractivity contribution in [2.24, 2.45) is 0 Å². The molecule has 0 bridgehead atoms. The second-order valence-electron chi connectivity index (χ2n) is 3.74. The van der Waals surface area contributed by atoms with Crippen LogP contribution in [-0.2, 0) is 0 Å². The van der Waals surface area contributed by atoms with Gasteiger partial charge in [-0.05, 0) is 36.4 Å². The zero-order valence-corrected chi connectivity index (χ0v) is 11.1. The fourth-order valence-electron chi connectivity index (χ4n) is 1.48. The Hall–Kier alpha value is -1.91. The molecular weight excluding hydrogens is 289 g/mol. The molecule has 4 nitrogen and oxygen atoms in total. The van der Waals surface area contributed by atoms with E-state index in [-0.39, 0.29) is 11.3 Å². The molecule has 2 aromatic carbocycles. The Bertz CT molecular complexity index is 644. The largest absolute Gasteiger partial charge is 0.478 e. The molecule has 0 saturated heterocycles. The maximum Gasteiger partial charge on any atom is 0.339 e. The number of hydrogen-bond acceptors (Lipinski definition) is 3. The quantitative estimate of drug-likeness (QED) is 0.838. The predicted octanol–water partition coefficient (Wildman–Crippen LogP) is 4.07. The van der Waals surface area contributed by atoms with E-state index in [2.05, 4.69) is 0 Å². The number of nitrogens with two attached hydrogens (primary N) is 1. The van der Waals surface area contributed by atoms with Crippen LogP contribution < -0.4 is 10.5 Å². The van der Waals surface area contributed by atoms with Crippen molar-refractivity contribution < 1.29 is 14.6 Å². The zero-order chi connectivity index (χ0) is 14.0. The molecular formula is C13H9Cl2NO3.